The maximum atomic E-state index is 11.8. The number of ether oxygens (including phenoxy) is 1. The minimum Gasteiger partial charge on any atom is -0.481 e. The average molecular weight is 309 g/mol. The van der Waals surface area contributed by atoms with Gasteiger partial charge < -0.3 is 9.84 Å². The van der Waals surface area contributed by atoms with Crippen LogP contribution in [0.3, 0.4) is 0 Å². The largest absolute Gasteiger partial charge is 0.481 e. The van der Waals surface area contributed by atoms with Crippen molar-refractivity contribution in [3.63, 3.8) is 0 Å². The van der Waals surface area contributed by atoms with Crippen LogP contribution in [-0.4, -0.2) is 24.3 Å². The van der Waals surface area contributed by atoms with Crippen molar-refractivity contribution in [3.8, 4) is 0 Å². The summed E-state index contributed by atoms with van der Waals surface area (Å²) in [6.45, 7) is 1.56. The van der Waals surface area contributed by atoms with Crippen LogP contribution in [0.2, 0.25) is 5.02 Å². The Morgan fingerprint density at radius 3 is 2.48 bits per heavy atom. The molecule has 0 radical (unpaired) electrons. The van der Waals surface area contributed by atoms with E-state index in [1.54, 1.807) is 0 Å². The van der Waals surface area contributed by atoms with Crippen molar-refractivity contribution in [3.05, 3.63) is 34.3 Å². The molecule has 114 valence electrons. The zero-order valence-corrected chi connectivity index (χ0v) is 12.9. The molecular weight excluding hydrogens is 288 g/mol. The molecular formula is C17H21ClO3. The van der Waals surface area contributed by atoms with Gasteiger partial charge in [0.1, 0.15) is 0 Å². The van der Waals surface area contributed by atoms with E-state index < -0.39 is 11.4 Å². The number of halogens is 1. The molecule has 0 unspecified atom stereocenters. The van der Waals surface area contributed by atoms with E-state index in [2.05, 4.69) is 0 Å². The van der Waals surface area contributed by atoms with Gasteiger partial charge in [0.15, 0.2) is 0 Å². The first-order valence-electron chi connectivity index (χ1n) is 7.74. The van der Waals surface area contributed by atoms with Crippen molar-refractivity contribution in [2.24, 2.45) is 0 Å². The Bertz CT molecular complexity index is 529. The van der Waals surface area contributed by atoms with Crippen LogP contribution in [0.5, 0.6) is 0 Å². The Labute approximate surface area is 130 Å². The fraction of sp³-hybridized carbons (Fsp3) is 0.588. The summed E-state index contributed by atoms with van der Waals surface area (Å²) < 4.78 is 5.39. The molecule has 3 nitrogen and oxygen atoms in total. The van der Waals surface area contributed by atoms with Crippen LogP contribution < -0.4 is 0 Å². The molecule has 4 heteroatoms. The van der Waals surface area contributed by atoms with Crippen LogP contribution >= 0.6 is 11.6 Å². The van der Waals surface area contributed by atoms with Crippen LogP contribution in [0.25, 0.3) is 0 Å². The van der Waals surface area contributed by atoms with Gasteiger partial charge in [-0.1, -0.05) is 36.6 Å². The van der Waals surface area contributed by atoms with Gasteiger partial charge in [-0.25, -0.2) is 0 Å². The summed E-state index contributed by atoms with van der Waals surface area (Å²) in [4.78, 5) is 11.8. The summed E-state index contributed by atoms with van der Waals surface area (Å²) in [5, 5.41) is 10.4. The van der Waals surface area contributed by atoms with E-state index in [-0.39, 0.29) is 0 Å². The van der Waals surface area contributed by atoms with Crippen molar-refractivity contribution in [1.82, 2.24) is 0 Å². The van der Waals surface area contributed by atoms with Crippen molar-refractivity contribution in [2.75, 3.05) is 13.2 Å². The van der Waals surface area contributed by atoms with Gasteiger partial charge in [0.2, 0.25) is 0 Å². The molecule has 2 aliphatic rings. The van der Waals surface area contributed by atoms with Gasteiger partial charge in [-0.05, 0) is 48.8 Å². The highest BCUT2D eigenvalue weighted by Gasteiger charge is 2.43. The van der Waals surface area contributed by atoms with E-state index in [9.17, 15) is 9.90 Å². The third kappa shape index (κ3) is 2.69. The lowest BCUT2D eigenvalue weighted by Gasteiger charge is -2.27. The first-order valence-corrected chi connectivity index (χ1v) is 8.12. The van der Waals surface area contributed by atoms with Crippen LogP contribution in [0, 0.1) is 0 Å². The normalized spacial score (nSPS) is 22.3. The van der Waals surface area contributed by atoms with Crippen LogP contribution in [0.4, 0.5) is 0 Å². The standard InChI is InChI=1S/C17H21ClO3/c18-15-11-13(17(16(19)20)7-1-2-8-17)3-4-14(15)12-5-9-21-10-6-12/h3-4,11-12H,1-2,5-10H2,(H,19,20). The minimum absolute atomic E-state index is 0.435. The maximum absolute atomic E-state index is 11.8. The lowest BCUT2D eigenvalue weighted by molar-refractivity contribution is -0.143. The summed E-state index contributed by atoms with van der Waals surface area (Å²) in [6, 6.07) is 5.92. The van der Waals surface area contributed by atoms with Gasteiger partial charge in [-0.15, -0.1) is 0 Å². The number of carbonyl (C=O) groups is 1. The fourth-order valence-electron chi connectivity index (χ4n) is 3.77. The number of rotatable bonds is 3. The van der Waals surface area contributed by atoms with E-state index in [1.165, 1.54) is 0 Å². The van der Waals surface area contributed by atoms with E-state index in [4.69, 9.17) is 16.3 Å². The van der Waals surface area contributed by atoms with E-state index in [1.807, 2.05) is 18.2 Å². The first-order chi connectivity index (χ1) is 10.1. The van der Waals surface area contributed by atoms with Gasteiger partial charge in [0, 0.05) is 18.2 Å². The number of carboxylic acid groups (broad SMARTS) is 1. The highest BCUT2D eigenvalue weighted by molar-refractivity contribution is 6.31. The summed E-state index contributed by atoms with van der Waals surface area (Å²) in [6.07, 6.45) is 5.37. The summed E-state index contributed by atoms with van der Waals surface area (Å²) in [5.41, 5.74) is 1.29. The second-order valence-corrected chi connectivity index (χ2v) is 6.62. The molecule has 0 amide bonds. The molecule has 0 atom stereocenters. The van der Waals surface area contributed by atoms with Crippen molar-refractivity contribution >= 4 is 17.6 Å². The van der Waals surface area contributed by atoms with Crippen LogP contribution in [-0.2, 0) is 14.9 Å². The molecule has 1 aliphatic heterocycles. The molecule has 1 aliphatic carbocycles. The third-order valence-corrected chi connectivity index (χ3v) is 5.41. The summed E-state index contributed by atoms with van der Waals surface area (Å²) in [5.74, 6) is -0.278. The van der Waals surface area contributed by atoms with Crippen LogP contribution in [0.15, 0.2) is 18.2 Å². The maximum Gasteiger partial charge on any atom is 0.314 e. The zero-order valence-electron chi connectivity index (χ0n) is 12.1. The highest BCUT2D eigenvalue weighted by Crippen LogP contribution is 2.43. The quantitative estimate of drug-likeness (QED) is 0.913. The second-order valence-electron chi connectivity index (χ2n) is 6.22. The van der Waals surface area contributed by atoms with Gasteiger partial charge >= 0.3 is 5.97 Å². The number of hydrogen-bond acceptors (Lipinski definition) is 2. The van der Waals surface area contributed by atoms with Gasteiger partial charge in [-0.3, -0.25) is 4.79 Å². The molecule has 1 aromatic carbocycles. The molecule has 1 saturated carbocycles. The Morgan fingerprint density at radius 2 is 1.90 bits per heavy atom. The smallest absolute Gasteiger partial charge is 0.314 e. The van der Waals surface area contributed by atoms with Crippen molar-refractivity contribution in [2.45, 2.75) is 49.9 Å². The lowest BCUT2D eigenvalue weighted by atomic mass is 9.78. The highest BCUT2D eigenvalue weighted by atomic mass is 35.5. The van der Waals surface area contributed by atoms with Crippen LogP contribution in [0.1, 0.15) is 55.6 Å². The van der Waals surface area contributed by atoms with Crippen molar-refractivity contribution < 1.29 is 14.6 Å². The van der Waals surface area contributed by atoms with E-state index in [0.29, 0.717) is 10.9 Å². The van der Waals surface area contributed by atoms with E-state index in [0.717, 1.165) is 62.9 Å². The van der Waals surface area contributed by atoms with Gasteiger partial charge in [0.25, 0.3) is 0 Å². The molecule has 2 fully saturated rings. The Morgan fingerprint density at radius 1 is 1.24 bits per heavy atom. The van der Waals surface area contributed by atoms with E-state index >= 15 is 0 Å². The predicted molar refractivity (Wildman–Crippen MR) is 82.0 cm³/mol. The Kier molecular flexibility index (Phi) is 4.23. The molecule has 1 N–H and O–H groups in total. The number of carboxylic acids is 1. The first kappa shape index (κ1) is 14.9. The molecule has 0 spiro atoms. The van der Waals surface area contributed by atoms with Gasteiger partial charge in [-0.2, -0.15) is 0 Å². The number of aliphatic carboxylic acids is 1. The Balaban J connectivity index is 1.91. The predicted octanol–water partition coefficient (Wildman–Crippen LogP) is 4.13. The molecule has 0 bridgehead atoms. The number of hydrogen-bond donors (Lipinski definition) is 1. The fourth-order valence-corrected chi connectivity index (χ4v) is 4.10. The molecule has 3 rings (SSSR count). The Hall–Kier alpha value is -1.06. The van der Waals surface area contributed by atoms with Crippen molar-refractivity contribution in [1.29, 1.82) is 0 Å². The molecule has 1 aromatic rings. The number of benzene rings is 1. The second kappa shape index (κ2) is 5.98. The van der Waals surface area contributed by atoms with Gasteiger partial charge in [0.05, 0.1) is 5.41 Å². The topological polar surface area (TPSA) is 46.5 Å². The molecule has 0 aromatic heterocycles. The molecule has 21 heavy (non-hydrogen) atoms. The minimum atomic E-state index is -0.724. The average Bonchev–Trinajstić information content (AvgIpc) is 2.99. The third-order valence-electron chi connectivity index (χ3n) is 5.08. The molecule has 1 heterocycles. The zero-order chi connectivity index (χ0) is 14.9. The summed E-state index contributed by atoms with van der Waals surface area (Å²) in [7, 11) is 0. The lowest BCUT2D eigenvalue weighted by Crippen LogP contribution is -2.32. The molecule has 1 saturated heterocycles. The monoisotopic (exact) mass is 308 g/mol. The summed E-state index contributed by atoms with van der Waals surface area (Å²) >= 11 is 6.47. The SMILES string of the molecule is O=C(O)C1(c2ccc(C3CCOCC3)c(Cl)c2)CCCC1.